The van der Waals surface area contributed by atoms with E-state index in [9.17, 15) is 4.79 Å². The molecule has 0 spiro atoms. The van der Waals surface area contributed by atoms with Crippen LogP contribution >= 0.6 is 22.9 Å². The molecular formula is C15H12ClNO3S. The van der Waals surface area contributed by atoms with Crippen LogP contribution < -0.4 is 10.1 Å². The summed E-state index contributed by atoms with van der Waals surface area (Å²) < 4.78 is 5.10. The Balaban J connectivity index is 2.20. The van der Waals surface area contributed by atoms with Crippen molar-refractivity contribution in [3.05, 3.63) is 45.1 Å². The van der Waals surface area contributed by atoms with Crippen molar-refractivity contribution in [2.24, 2.45) is 0 Å². The maximum Gasteiger partial charge on any atom is 0.267 e. The van der Waals surface area contributed by atoms with Gasteiger partial charge in [0.2, 0.25) is 0 Å². The van der Waals surface area contributed by atoms with Gasteiger partial charge in [-0.15, -0.1) is 11.3 Å². The molecule has 0 unspecified atom stereocenters. The zero-order chi connectivity index (χ0) is 15.2. The molecule has 4 nitrogen and oxygen atoms in total. The second-order valence-corrected chi connectivity index (χ2v) is 5.25. The van der Waals surface area contributed by atoms with Crippen LogP contribution in [-0.4, -0.2) is 24.7 Å². The van der Waals surface area contributed by atoms with E-state index in [1.165, 1.54) is 18.4 Å². The average molecular weight is 322 g/mol. The maximum atomic E-state index is 12.2. The van der Waals surface area contributed by atoms with Gasteiger partial charge in [0, 0.05) is 17.3 Å². The fourth-order valence-electron chi connectivity index (χ4n) is 1.64. The number of nitrogens with one attached hydrogen (secondary N) is 1. The first-order chi connectivity index (χ1) is 10.2. The molecule has 0 fully saturated rings. The van der Waals surface area contributed by atoms with E-state index in [0.717, 1.165) is 0 Å². The molecule has 0 bridgehead atoms. The monoisotopic (exact) mass is 321 g/mol. The zero-order valence-corrected chi connectivity index (χ0v) is 12.7. The van der Waals surface area contributed by atoms with Crippen LogP contribution in [0.3, 0.4) is 0 Å². The maximum absolute atomic E-state index is 12.2. The molecule has 1 aromatic heterocycles. The molecule has 2 aromatic rings. The number of carbonyl (C=O) groups excluding carboxylic acids is 1. The number of aliphatic hydroxyl groups excluding tert-OH is 1. The number of amides is 1. The molecule has 2 N–H and O–H groups in total. The Morgan fingerprint density at radius 3 is 3.00 bits per heavy atom. The predicted molar refractivity (Wildman–Crippen MR) is 84.2 cm³/mol. The summed E-state index contributed by atoms with van der Waals surface area (Å²) >= 11 is 7.22. The summed E-state index contributed by atoms with van der Waals surface area (Å²) in [5.74, 6) is 5.50. The normalized spacial score (nSPS) is 9.67. The highest BCUT2D eigenvalue weighted by Crippen LogP contribution is 2.28. The minimum absolute atomic E-state index is 0.245. The number of aliphatic hydroxyl groups is 1. The van der Waals surface area contributed by atoms with Gasteiger partial charge in [-0.3, -0.25) is 4.79 Å². The zero-order valence-electron chi connectivity index (χ0n) is 11.1. The van der Waals surface area contributed by atoms with E-state index in [4.69, 9.17) is 21.4 Å². The summed E-state index contributed by atoms with van der Waals surface area (Å²) in [5, 5.41) is 13.7. The van der Waals surface area contributed by atoms with Crippen molar-refractivity contribution in [3.63, 3.8) is 0 Å². The third-order valence-corrected chi connectivity index (χ3v) is 3.81. The summed E-state index contributed by atoms with van der Waals surface area (Å²) in [5.41, 5.74) is 1.17. The molecule has 0 aliphatic carbocycles. The molecule has 0 aliphatic rings. The molecule has 0 saturated carbocycles. The van der Waals surface area contributed by atoms with Gasteiger partial charge in [-0.05, 0) is 23.6 Å². The van der Waals surface area contributed by atoms with E-state index in [0.29, 0.717) is 26.9 Å². The second-order valence-electron chi connectivity index (χ2n) is 3.93. The first kappa shape index (κ1) is 15.4. The van der Waals surface area contributed by atoms with E-state index in [-0.39, 0.29) is 12.5 Å². The van der Waals surface area contributed by atoms with E-state index in [1.54, 1.807) is 29.6 Å². The molecule has 21 heavy (non-hydrogen) atoms. The molecule has 1 heterocycles. The van der Waals surface area contributed by atoms with E-state index >= 15 is 0 Å². The summed E-state index contributed by atoms with van der Waals surface area (Å²) in [7, 11) is 1.51. The summed E-state index contributed by atoms with van der Waals surface area (Å²) in [6.07, 6.45) is 0. The lowest BCUT2D eigenvalue weighted by atomic mass is 10.2. The van der Waals surface area contributed by atoms with Crippen molar-refractivity contribution in [2.45, 2.75) is 0 Å². The van der Waals surface area contributed by atoms with Gasteiger partial charge in [-0.25, -0.2) is 0 Å². The molecule has 6 heteroatoms. The molecule has 1 amide bonds. The summed E-state index contributed by atoms with van der Waals surface area (Å²) in [6.45, 7) is -0.245. The average Bonchev–Trinajstić information content (AvgIpc) is 2.95. The molecule has 0 aliphatic heterocycles. The van der Waals surface area contributed by atoms with Gasteiger partial charge in [-0.2, -0.15) is 0 Å². The van der Waals surface area contributed by atoms with Crippen molar-refractivity contribution in [1.82, 2.24) is 0 Å². The first-order valence-electron chi connectivity index (χ1n) is 5.98. The lowest BCUT2D eigenvalue weighted by molar-refractivity contribution is 0.103. The van der Waals surface area contributed by atoms with Gasteiger partial charge in [0.05, 0.1) is 12.1 Å². The fourth-order valence-corrected chi connectivity index (χ4v) is 2.58. The standard InChI is InChI=1S/C15H12ClNO3S/c1-20-13-9-11(4-5-12(13)16)17-15(19)14-10(3-2-7-18)6-8-21-14/h4-6,8-9,18H,7H2,1H3,(H,17,19). The Hall–Kier alpha value is -2.00. The van der Waals surface area contributed by atoms with Gasteiger partial charge >= 0.3 is 0 Å². The Bertz CT molecular complexity index is 715. The van der Waals surface area contributed by atoms with Crippen molar-refractivity contribution in [2.75, 3.05) is 19.0 Å². The van der Waals surface area contributed by atoms with E-state index in [2.05, 4.69) is 17.2 Å². The lowest BCUT2D eigenvalue weighted by Gasteiger charge is -2.08. The van der Waals surface area contributed by atoms with Crippen LogP contribution in [0.25, 0.3) is 0 Å². The second kappa shape index (κ2) is 7.14. The number of rotatable bonds is 3. The Morgan fingerprint density at radius 2 is 2.29 bits per heavy atom. The molecular weight excluding hydrogens is 310 g/mol. The van der Waals surface area contributed by atoms with Crippen molar-refractivity contribution < 1.29 is 14.6 Å². The number of anilines is 1. The number of benzene rings is 1. The largest absolute Gasteiger partial charge is 0.495 e. The minimum Gasteiger partial charge on any atom is -0.495 e. The summed E-state index contributed by atoms with van der Waals surface area (Å²) in [6, 6.07) is 6.73. The third-order valence-electron chi connectivity index (χ3n) is 2.58. The van der Waals surface area contributed by atoms with E-state index in [1.807, 2.05) is 0 Å². The minimum atomic E-state index is -0.267. The molecule has 0 atom stereocenters. The Kier molecular flexibility index (Phi) is 5.23. The van der Waals surface area contributed by atoms with Gasteiger partial charge in [0.25, 0.3) is 5.91 Å². The smallest absolute Gasteiger partial charge is 0.267 e. The van der Waals surface area contributed by atoms with Crippen LogP contribution in [0, 0.1) is 11.8 Å². The third kappa shape index (κ3) is 3.76. The topological polar surface area (TPSA) is 58.6 Å². The molecule has 1 aromatic carbocycles. The molecule has 2 rings (SSSR count). The van der Waals surface area contributed by atoms with Crippen LogP contribution in [0.15, 0.2) is 29.6 Å². The lowest BCUT2D eigenvalue weighted by Crippen LogP contribution is -2.11. The first-order valence-corrected chi connectivity index (χ1v) is 7.23. The number of hydrogen-bond acceptors (Lipinski definition) is 4. The van der Waals surface area contributed by atoms with Crippen LogP contribution in [0.5, 0.6) is 5.75 Å². The molecule has 0 radical (unpaired) electrons. The van der Waals surface area contributed by atoms with Gasteiger partial charge < -0.3 is 15.2 Å². The van der Waals surface area contributed by atoms with Crippen LogP contribution in [0.4, 0.5) is 5.69 Å². The quantitative estimate of drug-likeness (QED) is 0.854. The van der Waals surface area contributed by atoms with E-state index < -0.39 is 0 Å². The van der Waals surface area contributed by atoms with Gasteiger partial charge in [0.1, 0.15) is 17.2 Å². The SMILES string of the molecule is COc1cc(NC(=O)c2sccc2C#CCO)ccc1Cl. The Morgan fingerprint density at radius 1 is 1.48 bits per heavy atom. The van der Waals surface area contributed by atoms with Crippen molar-refractivity contribution >= 4 is 34.5 Å². The predicted octanol–water partition coefficient (Wildman–Crippen LogP) is 3.01. The fraction of sp³-hybridized carbons (Fsp3) is 0.133. The summed E-state index contributed by atoms with van der Waals surface area (Å²) in [4.78, 5) is 12.7. The van der Waals surface area contributed by atoms with Crippen molar-refractivity contribution in [3.8, 4) is 17.6 Å². The van der Waals surface area contributed by atoms with Crippen LogP contribution in [-0.2, 0) is 0 Å². The van der Waals surface area contributed by atoms with Gasteiger partial charge in [-0.1, -0.05) is 23.4 Å². The number of ether oxygens (including phenoxy) is 1. The number of carbonyl (C=O) groups is 1. The van der Waals surface area contributed by atoms with Crippen LogP contribution in [0.1, 0.15) is 15.2 Å². The number of thiophene rings is 1. The molecule has 0 saturated heterocycles. The number of halogens is 1. The number of hydrogen-bond donors (Lipinski definition) is 2. The highest BCUT2D eigenvalue weighted by Gasteiger charge is 2.13. The highest BCUT2D eigenvalue weighted by molar-refractivity contribution is 7.12. The Labute approximate surface area is 131 Å². The molecule has 108 valence electrons. The van der Waals surface area contributed by atoms with Crippen molar-refractivity contribution in [1.29, 1.82) is 0 Å². The van der Waals surface area contributed by atoms with Gasteiger partial charge in [0.15, 0.2) is 0 Å². The van der Waals surface area contributed by atoms with Crippen LogP contribution in [0.2, 0.25) is 5.02 Å². The highest BCUT2D eigenvalue weighted by atomic mass is 35.5. The number of methoxy groups -OCH3 is 1.